The Balaban J connectivity index is 1.98. The van der Waals surface area contributed by atoms with Crippen molar-refractivity contribution in [3.8, 4) is 5.75 Å². The molecule has 0 unspecified atom stereocenters. The van der Waals surface area contributed by atoms with Crippen molar-refractivity contribution in [1.82, 2.24) is 0 Å². The van der Waals surface area contributed by atoms with E-state index in [0.29, 0.717) is 11.4 Å². The van der Waals surface area contributed by atoms with Gasteiger partial charge in [0.05, 0.1) is 17.1 Å². The fourth-order valence-electron chi connectivity index (χ4n) is 1.91. The van der Waals surface area contributed by atoms with E-state index >= 15 is 0 Å². The Bertz CT molecular complexity index is 626. The third-order valence-electron chi connectivity index (χ3n) is 2.94. The lowest BCUT2D eigenvalue weighted by Gasteiger charge is -2.17. The van der Waals surface area contributed by atoms with Gasteiger partial charge in [-0.25, -0.2) is 0 Å². The zero-order chi connectivity index (χ0) is 15.2. The van der Waals surface area contributed by atoms with Gasteiger partial charge in [-0.2, -0.15) is 0 Å². The number of hydrogen-bond donors (Lipinski definition) is 2. The molecule has 2 rings (SSSR count). The number of nitrogens with zero attached hydrogens (tertiary/aromatic N) is 1. The highest BCUT2D eigenvalue weighted by atomic mass is 16.5. The molecule has 21 heavy (non-hydrogen) atoms. The van der Waals surface area contributed by atoms with Gasteiger partial charge in [0.25, 0.3) is 5.91 Å². The first-order valence-corrected chi connectivity index (χ1v) is 6.61. The summed E-state index contributed by atoms with van der Waals surface area (Å²) in [7, 11) is 3.85. The summed E-state index contributed by atoms with van der Waals surface area (Å²) < 4.78 is 5.42. The molecule has 2 aromatic carbocycles. The van der Waals surface area contributed by atoms with Crippen molar-refractivity contribution in [3.63, 3.8) is 0 Å². The molecule has 0 saturated carbocycles. The maximum absolute atomic E-state index is 12.0. The molecule has 0 aliphatic heterocycles. The van der Waals surface area contributed by atoms with Crippen molar-refractivity contribution in [2.75, 3.05) is 36.7 Å². The van der Waals surface area contributed by atoms with E-state index < -0.39 is 0 Å². The van der Waals surface area contributed by atoms with E-state index in [9.17, 15) is 4.79 Å². The van der Waals surface area contributed by atoms with Crippen molar-refractivity contribution in [2.45, 2.75) is 0 Å². The predicted octanol–water partition coefficient (Wildman–Crippen LogP) is 2.35. The first-order chi connectivity index (χ1) is 10.1. The Morgan fingerprint density at radius 1 is 1.14 bits per heavy atom. The second-order valence-electron chi connectivity index (χ2n) is 4.79. The van der Waals surface area contributed by atoms with Gasteiger partial charge in [-0.3, -0.25) is 4.79 Å². The molecule has 0 atom stereocenters. The molecule has 0 heterocycles. The fraction of sp³-hybridized carbons (Fsp3) is 0.188. The molecule has 5 nitrogen and oxygen atoms in total. The standard InChI is InChI=1S/C16H19N3O2/c1-19(2)14-9-5-4-8-13(14)18-16(20)11-21-15-10-6-3-7-12(15)17/h3-10H,11,17H2,1-2H3,(H,18,20). The highest BCUT2D eigenvalue weighted by Gasteiger charge is 2.09. The Morgan fingerprint density at radius 3 is 2.52 bits per heavy atom. The zero-order valence-corrected chi connectivity index (χ0v) is 12.2. The molecule has 0 spiro atoms. The molecule has 0 aromatic heterocycles. The maximum atomic E-state index is 12.0. The number of anilines is 3. The molecule has 0 fully saturated rings. The summed E-state index contributed by atoms with van der Waals surface area (Å²) in [4.78, 5) is 13.9. The van der Waals surface area contributed by atoms with Gasteiger partial charge in [0, 0.05) is 14.1 Å². The van der Waals surface area contributed by atoms with Crippen LogP contribution in [0.3, 0.4) is 0 Å². The van der Waals surface area contributed by atoms with Crippen molar-refractivity contribution < 1.29 is 9.53 Å². The van der Waals surface area contributed by atoms with Crippen molar-refractivity contribution in [1.29, 1.82) is 0 Å². The van der Waals surface area contributed by atoms with Crippen LogP contribution in [0.4, 0.5) is 17.1 Å². The monoisotopic (exact) mass is 285 g/mol. The van der Waals surface area contributed by atoms with E-state index in [1.807, 2.05) is 55.4 Å². The maximum Gasteiger partial charge on any atom is 0.262 e. The van der Waals surface area contributed by atoms with Gasteiger partial charge in [-0.1, -0.05) is 24.3 Å². The van der Waals surface area contributed by atoms with E-state index in [0.717, 1.165) is 11.4 Å². The Labute approximate surface area is 124 Å². The normalized spacial score (nSPS) is 10.0. The van der Waals surface area contributed by atoms with Gasteiger partial charge in [0.1, 0.15) is 5.75 Å². The minimum atomic E-state index is -0.229. The predicted molar refractivity (Wildman–Crippen MR) is 85.7 cm³/mol. The third-order valence-corrected chi connectivity index (χ3v) is 2.94. The number of benzene rings is 2. The van der Waals surface area contributed by atoms with Crippen LogP contribution in [0.5, 0.6) is 5.75 Å². The fourth-order valence-corrected chi connectivity index (χ4v) is 1.91. The van der Waals surface area contributed by atoms with Crippen LogP contribution < -0.4 is 20.7 Å². The van der Waals surface area contributed by atoms with Crippen LogP contribution in [-0.2, 0) is 4.79 Å². The van der Waals surface area contributed by atoms with Gasteiger partial charge >= 0.3 is 0 Å². The Kier molecular flexibility index (Phi) is 4.66. The molecular formula is C16H19N3O2. The summed E-state index contributed by atoms with van der Waals surface area (Å²) in [6, 6.07) is 14.7. The second kappa shape index (κ2) is 6.65. The largest absolute Gasteiger partial charge is 0.482 e. The van der Waals surface area contributed by atoms with E-state index in [1.54, 1.807) is 12.1 Å². The molecule has 1 amide bonds. The highest BCUT2D eigenvalue weighted by Crippen LogP contribution is 2.23. The van der Waals surface area contributed by atoms with Crippen LogP contribution in [-0.4, -0.2) is 26.6 Å². The molecular weight excluding hydrogens is 266 g/mol. The van der Waals surface area contributed by atoms with Crippen LogP contribution in [0.2, 0.25) is 0 Å². The molecule has 0 aliphatic carbocycles. The lowest BCUT2D eigenvalue weighted by Crippen LogP contribution is -2.22. The van der Waals surface area contributed by atoms with Crippen LogP contribution in [0.25, 0.3) is 0 Å². The number of nitrogen functional groups attached to an aromatic ring is 1. The number of carbonyl (C=O) groups is 1. The lowest BCUT2D eigenvalue weighted by molar-refractivity contribution is -0.118. The topological polar surface area (TPSA) is 67.6 Å². The quantitative estimate of drug-likeness (QED) is 0.828. The molecule has 0 aliphatic rings. The Hall–Kier alpha value is -2.69. The summed E-state index contributed by atoms with van der Waals surface area (Å²) >= 11 is 0. The minimum Gasteiger partial charge on any atom is -0.482 e. The van der Waals surface area contributed by atoms with Crippen molar-refractivity contribution >= 4 is 23.0 Å². The average Bonchev–Trinajstić information content (AvgIpc) is 2.47. The van der Waals surface area contributed by atoms with E-state index in [-0.39, 0.29) is 12.5 Å². The van der Waals surface area contributed by atoms with Crippen LogP contribution in [0.15, 0.2) is 48.5 Å². The highest BCUT2D eigenvalue weighted by molar-refractivity contribution is 5.95. The first-order valence-electron chi connectivity index (χ1n) is 6.61. The molecule has 0 radical (unpaired) electrons. The molecule has 5 heteroatoms. The van der Waals surface area contributed by atoms with Crippen LogP contribution >= 0.6 is 0 Å². The molecule has 3 N–H and O–H groups in total. The SMILES string of the molecule is CN(C)c1ccccc1NC(=O)COc1ccccc1N. The summed E-state index contributed by atoms with van der Waals surface area (Å²) in [5, 5.41) is 2.84. The molecule has 0 saturated heterocycles. The molecule has 2 aromatic rings. The number of nitrogens with one attached hydrogen (secondary N) is 1. The number of rotatable bonds is 5. The summed E-state index contributed by atoms with van der Waals surface area (Å²) in [5.74, 6) is 0.279. The number of para-hydroxylation sites is 4. The van der Waals surface area contributed by atoms with Crippen LogP contribution in [0, 0.1) is 0 Å². The summed E-state index contributed by atoms with van der Waals surface area (Å²) in [5.41, 5.74) is 7.96. The smallest absolute Gasteiger partial charge is 0.262 e. The Morgan fingerprint density at radius 2 is 1.81 bits per heavy atom. The number of ether oxygens (including phenoxy) is 1. The number of amides is 1. The second-order valence-corrected chi connectivity index (χ2v) is 4.79. The molecule has 0 bridgehead atoms. The van der Waals surface area contributed by atoms with Crippen molar-refractivity contribution in [3.05, 3.63) is 48.5 Å². The van der Waals surface area contributed by atoms with Gasteiger partial charge in [-0.05, 0) is 24.3 Å². The third kappa shape index (κ3) is 3.89. The van der Waals surface area contributed by atoms with Gasteiger partial charge in [0.2, 0.25) is 0 Å². The van der Waals surface area contributed by atoms with E-state index in [2.05, 4.69) is 5.32 Å². The zero-order valence-electron chi connectivity index (χ0n) is 12.2. The lowest BCUT2D eigenvalue weighted by atomic mass is 10.2. The minimum absolute atomic E-state index is 0.0873. The first kappa shape index (κ1) is 14.7. The van der Waals surface area contributed by atoms with Gasteiger partial charge < -0.3 is 20.7 Å². The van der Waals surface area contributed by atoms with Crippen LogP contribution in [0.1, 0.15) is 0 Å². The average molecular weight is 285 g/mol. The number of hydrogen-bond acceptors (Lipinski definition) is 4. The number of carbonyl (C=O) groups excluding carboxylic acids is 1. The van der Waals surface area contributed by atoms with E-state index in [1.165, 1.54) is 0 Å². The molecule has 110 valence electrons. The van der Waals surface area contributed by atoms with Gasteiger partial charge in [0.15, 0.2) is 6.61 Å². The summed E-state index contributed by atoms with van der Waals surface area (Å²) in [6.45, 7) is -0.0873. The summed E-state index contributed by atoms with van der Waals surface area (Å²) in [6.07, 6.45) is 0. The van der Waals surface area contributed by atoms with E-state index in [4.69, 9.17) is 10.5 Å². The van der Waals surface area contributed by atoms with Crippen molar-refractivity contribution in [2.24, 2.45) is 0 Å². The van der Waals surface area contributed by atoms with Gasteiger partial charge in [-0.15, -0.1) is 0 Å². The number of nitrogens with two attached hydrogens (primary N) is 1.